The number of unbranched alkanes of at least 4 members (excludes halogenated alkanes) is 32. The molecule has 1 atom stereocenters. The van der Waals surface area contributed by atoms with Crippen LogP contribution in [0.3, 0.4) is 0 Å². The van der Waals surface area contributed by atoms with Crippen molar-refractivity contribution in [3.8, 4) is 0 Å². The van der Waals surface area contributed by atoms with Gasteiger partial charge in [0.05, 0.1) is 0 Å². The maximum absolute atomic E-state index is 12.8. The van der Waals surface area contributed by atoms with Crippen molar-refractivity contribution in [1.29, 1.82) is 0 Å². The highest BCUT2D eigenvalue weighted by atomic mass is 16.6. The van der Waals surface area contributed by atoms with Crippen LogP contribution in [-0.4, -0.2) is 37.2 Å². The molecular weight excluding hydrogens is 769 g/mol. The van der Waals surface area contributed by atoms with Crippen molar-refractivity contribution in [2.75, 3.05) is 13.2 Å². The molecule has 0 spiro atoms. The van der Waals surface area contributed by atoms with E-state index in [1.165, 1.54) is 186 Å². The Labute approximate surface area is 387 Å². The molecule has 0 fully saturated rings. The van der Waals surface area contributed by atoms with E-state index < -0.39 is 6.10 Å². The third-order valence-corrected chi connectivity index (χ3v) is 12.6. The van der Waals surface area contributed by atoms with Crippen LogP contribution in [0, 0.1) is 17.8 Å². The van der Waals surface area contributed by atoms with Crippen LogP contribution in [-0.2, 0) is 28.6 Å². The number of carbonyl (C=O) groups is 3. The molecule has 0 saturated carbocycles. The monoisotopic (exact) mass is 877 g/mol. The zero-order chi connectivity index (χ0) is 45.6. The normalized spacial score (nSPS) is 12.1. The van der Waals surface area contributed by atoms with E-state index in [4.69, 9.17) is 14.2 Å². The molecule has 0 aromatic carbocycles. The minimum absolute atomic E-state index is 0.0648. The van der Waals surface area contributed by atoms with Gasteiger partial charge in [0.2, 0.25) is 0 Å². The van der Waals surface area contributed by atoms with Crippen LogP contribution >= 0.6 is 0 Å². The average Bonchev–Trinajstić information content (AvgIpc) is 3.23. The number of ether oxygens (including phenoxy) is 3. The molecule has 6 nitrogen and oxygen atoms in total. The summed E-state index contributed by atoms with van der Waals surface area (Å²) in [5.74, 6) is 1.60. The van der Waals surface area contributed by atoms with Gasteiger partial charge in [0, 0.05) is 19.3 Å². The predicted octanol–water partition coefficient (Wildman–Crippen LogP) is 17.9. The Morgan fingerprint density at radius 2 is 0.468 bits per heavy atom. The van der Waals surface area contributed by atoms with E-state index in [1.54, 1.807) is 0 Å². The lowest BCUT2D eigenvalue weighted by molar-refractivity contribution is -0.167. The molecule has 62 heavy (non-hydrogen) atoms. The average molecular weight is 877 g/mol. The summed E-state index contributed by atoms with van der Waals surface area (Å²) in [6, 6.07) is 0. The fourth-order valence-corrected chi connectivity index (χ4v) is 8.47. The topological polar surface area (TPSA) is 78.9 Å². The predicted molar refractivity (Wildman–Crippen MR) is 266 cm³/mol. The van der Waals surface area contributed by atoms with Gasteiger partial charge < -0.3 is 14.2 Å². The summed E-state index contributed by atoms with van der Waals surface area (Å²) in [6.07, 6.45) is 48.2. The second kappa shape index (κ2) is 47.4. The van der Waals surface area contributed by atoms with Crippen molar-refractivity contribution in [2.45, 2.75) is 311 Å². The van der Waals surface area contributed by atoms with Crippen LogP contribution in [0.25, 0.3) is 0 Å². The molecule has 0 aliphatic carbocycles. The smallest absolute Gasteiger partial charge is 0.306 e. The number of hydrogen-bond acceptors (Lipinski definition) is 6. The quantitative estimate of drug-likeness (QED) is 0.0344. The van der Waals surface area contributed by atoms with Crippen molar-refractivity contribution < 1.29 is 28.6 Å². The van der Waals surface area contributed by atoms with Crippen molar-refractivity contribution in [3.63, 3.8) is 0 Å². The van der Waals surface area contributed by atoms with E-state index in [9.17, 15) is 14.4 Å². The minimum Gasteiger partial charge on any atom is -0.462 e. The lowest BCUT2D eigenvalue weighted by atomic mass is 10.0. The molecule has 0 rings (SSSR count). The molecule has 0 heterocycles. The van der Waals surface area contributed by atoms with Gasteiger partial charge in [-0.2, -0.15) is 0 Å². The van der Waals surface area contributed by atoms with Gasteiger partial charge in [0.15, 0.2) is 6.10 Å². The van der Waals surface area contributed by atoms with Crippen molar-refractivity contribution in [1.82, 2.24) is 0 Å². The summed E-state index contributed by atoms with van der Waals surface area (Å²) < 4.78 is 16.8. The summed E-state index contributed by atoms with van der Waals surface area (Å²) in [5.41, 5.74) is 0. The van der Waals surface area contributed by atoms with Crippen LogP contribution < -0.4 is 0 Å². The molecule has 0 saturated heterocycles. The molecule has 0 bridgehead atoms. The number of hydrogen-bond donors (Lipinski definition) is 0. The summed E-state index contributed by atoms with van der Waals surface area (Å²) in [6.45, 7) is 13.7. The fraction of sp³-hybridized carbons (Fsp3) is 0.946. The Bertz CT molecular complexity index is 960. The molecular formula is C56H108O6. The molecule has 6 heteroatoms. The molecule has 368 valence electrons. The van der Waals surface area contributed by atoms with Gasteiger partial charge in [-0.1, -0.05) is 266 Å². The summed E-state index contributed by atoms with van der Waals surface area (Å²) in [5, 5.41) is 0. The number of esters is 3. The summed E-state index contributed by atoms with van der Waals surface area (Å²) in [4.78, 5) is 38.0. The highest BCUT2D eigenvalue weighted by molar-refractivity contribution is 5.71. The maximum Gasteiger partial charge on any atom is 0.306 e. The molecule has 0 amide bonds. The van der Waals surface area contributed by atoms with Gasteiger partial charge in [-0.3, -0.25) is 14.4 Å². The van der Waals surface area contributed by atoms with Crippen LogP contribution in [0.1, 0.15) is 305 Å². The first kappa shape index (κ1) is 60.4. The molecule has 0 aliphatic rings. The lowest BCUT2D eigenvalue weighted by Gasteiger charge is -2.18. The number of carbonyl (C=O) groups excluding carboxylic acids is 3. The van der Waals surface area contributed by atoms with Gasteiger partial charge in [0.25, 0.3) is 0 Å². The molecule has 0 N–H and O–H groups in total. The highest BCUT2D eigenvalue weighted by Crippen LogP contribution is 2.18. The number of rotatable bonds is 49. The SMILES string of the molecule is CC(C)CCCCCCCCCCCCCCCCCCCCC(=O)OC[C@H](COC(=O)CCCCCCCCCCCCC(C)C)OC(=O)CCCCCCCCCC(C)C. The standard InChI is InChI=1S/C56H108O6/c1-50(2)42-36-30-24-19-15-13-11-9-7-8-10-12-14-16-21-27-33-39-45-54(57)60-48-53(62-56(59)47-41-35-29-23-26-32-38-44-52(5)6)49-61-55(58)46-40-34-28-22-18-17-20-25-31-37-43-51(3)4/h50-53H,7-49H2,1-6H3/t53-/m1/s1. The largest absolute Gasteiger partial charge is 0.462 e. The fourth-order valence-electron chi connectivity index (χ4n) is 8.47. The summed E-state index contributed by atoms with van der Waals surface area (Å²) in [7, 11) is 0. The van der Waals surface area contributed by atoms with E-state index in [0.29, 0.717) is 19.3 Å². The minimum atomic E-state index is -0.763. The Morgan fingerprint density at radius 1 is 0.274 bits per heavy atom. The Balaban J connectivity index is 4.19. The Morgan fingerprint density at radius 3 is 0.694 bits per heavy atom. The molecule has 0 aliphatic heterocycles. The first-order valence-electron chi connectivity index (χ1n) is 27.6. The molecule has 0 radical (unpaired) electrons. The van der Waals surface area contributed by atoms with Crippen LogP contribution in [0.5, 0.6) is 0 Å². The molecule has 0 aromatic rings. The van der Waals surface area contributed by atoms with Gasteiger partial charge in [-0.05, 0) is 37.0 Å². The third kappa shape index (κ3) is 49.4. The zero-order valence-electron chi connectivity index (χ0n) is 42.7. The first-order valence-corrected chi connectivity index (χ1v) is 27.6. The van der Waals surface area contributed by atoms with Crippen molar-refractivity contribution in [3.05, 3.63) is 0 Å². The van der Waals surface area contributed by atoms with E-state index >= 15 is 0 Å². The molecule has 0 aromatic heterocycles. The van der Waals surface area contributed by atoms with Gasteiger partial charge >= 0.3 is 17.9 Å². The van der Waals surface area contributed by atoms with Gasteiger partial charge in [0.1, 0.15) is 13.2 Å². The maximum atomic E-state index is 12.8. The van der Waals surface area contributed by atoms with E-state index in [0.717, 1.165) is 75.5 Å². The van der Waals surface area contributed by atoms with Crippen LogP contribution in [0.15, 0.2) is 0 Å². The van der Waals surface area contributed by atoms with E-state index in [-0.39, 0.29) is 31.1 Å². The highest BCUT2D eigenvalue weighted by Gasteiger charge is 2.19. The Hall–Kier alpha value is -1.59. The summed E-state index contributed by atoms with van der Waals surface area (Å²) >= 11 is 0. The first-order chi connectivity index (χ1) is 30.1. The second-order valence-corrected chi connectivity index (χ2v) is 20.6. The second-order valence-electron chi connectivity index (χ2n) is 20.6. The van der Waals surface area contributed by atoms with Crippen molar-refractivity contribution >= 4 is 17.9 Å². The van der Waals surface area contributed by atoms with Crippen molar-refractivity contribution in [2.24, 2.45) is 17.8 Å². The van der Waals surface area contributed by atoms with Gasteiger partial charge in [-0.25, -0.2) is 0 Å². The van der Waals surface area contributed by atoms with E-state index in [1.807, 2.05) is 0 Å². The van der Waals surface area contributed by atoms with E-state index in [2.05, 4.69) is 41.5 Å². The van der Waals surface area contributed by atoms with Crippen LogP contribution in [0.4, 0.5) is 0 Å². The third-order valence-electron chi connectivity index (χ3n) is 12.6. The Kier molecular flexibility index (Phi) is 46.2. The lowest BCUT2D eigenvalue weighted by Crippen LogP contribution is -2.30. The van der Waals surface area contributed by atoms with Gasteiger partial charge in [-0.15, -0.1) is 0 Å². The zero-order valence-corrected chi connectivity index (χ0v) is 42.7. The molecule has 0 unspecified atom stereocenters. The van der Waals surface area contributed by atoms with Crippen LogP contribution in [0.2, 0.25) is 0 Å².